The van der Waals surface area contributed by atoms with Crippen LogP contribution in [0, 0.1) is 0 Å². The molecular formula is C11H11BrClF3O. The third-order valence-electron chi connectivity index (χ3n) is 2.11. The molecular weight excluding hydrogens is 320 g/mol. The van der Waals surface area contributed by atoms with Crippen LogP contribution >= 0.6 is 27.5 Å². The van der Waals surface area contributed by atoms with Gasteiger partial charge in [0.2, 0.25) is 0 Å². The Balaban J connectivity index is 2.51. The van der Waals surface area contributed by atoms with Gasteiger partial charge in [-0.25, -0.2) is 0 Å². The van der Waals surface area contributed by atoms with Crippen LogP contribution in [-0.4, -0.2) is 24.7 Å². The van der Waals surface area contributed by atoms with Crippen LogP contribution < -0.4 is 0 Å². The molecule has 1 atom stereocenters. The second kappa shape index (κ2) is 6.61. The van der Waals surface area contributed by atoms with E-state index in [9.17, 15) is 13.2 Å². The van der Waals surface area contributed by atoms with E-state index < -0.39 is 12.8 Å². The van der Waals surface area contributed by atoms with Crippen LogP contribution in [0.1, 0.15) is 11.5 Å². The molecule has 0 aliphatic carbocycles. The number of halogens is 5. The molecule has 0 N–H and O–H groups in total. The predicted molar refractivity (Wildman–Crippen MR) is 64.9 cm³/mol. The minimum atomic E-state index is -4.28. The minimum Gasteiger partial charge on any atom is -0.371 e. The second-order valence-corrected chi connectivity index (χ2v) is 4.62. The van der Waals surface area contributed by atoms with E-state index in [0.29, 0.717) is 10.4 Å². The van der Waals surface area contributed by atoms with Crippen molar-refractivity contribution in [2.75, 3.05) is 18.5 Å². The van der Waals surface area contributed by atoms with Gasteiger partial charge in [-0.05, 0) is 17.7 Å². The Morgan fingerprint density at radius 1 is 1.24 bits per heavy atom. The van der Waals surface area contributed by atoms with E-state index in [1.54, 1.807) is 24.3 Å². The van der Waals surface area contributed by atoms with Crippen LogP contribution in [0.25, 0.3) is 0 Å². The molecule has 17 heavy (non-hydrogen) atoms. The SMILES string of the molecule is FC(F)(F)COCC(CBr)c1ccc(Cl)cc1. The number of hydrogen-bond acceptors (Lipinski definition) is 1. The number of rotatable bonds is 5. The van der Waals surface area contributed by atoms with Gasteiger partial charge in [-0.15, -0.1) is 0 Å². The Hall–Kier alpha value is -0.260. The first-order valence-corrected chi connectivity index (χ1v) is 6.38. The Bertz CT molecular complexity index is 340. The van der Waals surface area contributed by atoms with Crippen LogP contribution in [0.15, 0.2) is 24.3 Å². The van der Waals surface area contributed by atoms with Crippen molar-refractivity contribution in [3.05, 3.63) is 34.9 Å². The first-order chi connectivity index (χ1) is 7.92. The predicted octanol–water partition coefficient (Wildman–Crippen LogP) is 4.40. The van der Waals surface area contributed by atoms with Crippen molar-refractivity contribution in [2.24, 2.45) is 0 Å². The summed E-state index contributed by atoms with van der Waals surface area (Å²) >= 11 is 8.99. The number of alkyl halides is 4. The summed E-state index contributed by atoms with van der Waals surface area (Å²) < 4.78 is 40.4. The number of ether oxygens (including phenoxy) is 1. The molecule has 0 saturated heterocycles. The maximum Gasteiger partial charge on any atom is 0.411 e. The lowest BCUT2D eigenvalue weighted by Crippen LogP contribution is -2.20. The van der Waals surface area contributed by atoms with Gasteiger partial charge in [0.25, 0.3) is 0 Å². The number of hydrogen-bond donors (Lipinski definition) is 0. The van der Waals surface area contributed by atoms with Crippen LogP contribution in [-0.2, 0) is 4.74 Å². The molecule has 0 heterocycles. The highest BCUT2D eigenvalue weighted by molar-refractivity contribution is 9.09. The molecule has 96 valence electrons. The van der Waals surface area contributed by atoms with Crippen molar-refractivity contribution in [1.82, 2.24) is 0 Å². The molecule has 0 bridgehead atoms. The summed E-state index contributed by atoms with van der Waals surface area (Å²) in [6.07, 6.45) is -4.28. The molecule has 0 amide bonds. The molecule has 0 aliphatic rings. The monoisotopic (exact) mass is 330 g/mol. The van der Waals surface area contributed by atoms with Gasteiger partial charge in [-0.1, -0.05) is 39.7 Å². The van der Waals surface area contributed by atoms with Gasteiger partial charge in [0.15, 0.2) is 0 Å². The van der Waals surface area contributed by atoms with Crippen LogP contribution in [0.2, 0.25) is 5.02 Å². The highest BCUT2D eigenvalue weighted by Gasteiger charge is 2.28. The maximum atomic E-state index is 11.9. The maximum absolute atomic E-state index is 11.9. The highest BCUT2D eigenvalue weighted by Crippen LogP contribution is 2.22. The molecule has 6 heteroatoms. The lowest BCUT2D eigenvalue weighted by atomic mass is 10.0. The third kappa shape index (κ3) is 5.75. The molecule has 1 rings (SSSR count). The first kappa shape index (κ1) is 14.8. The van der Waals surface area contributed by atoms with Gasteiger partial charge >= 0.3 is 6.18 Å². The summed E-state index contributed by atoms with van der Waals surface area (Å²) in [6, 6.07) is 6.98. The van der Waals surface area contributed by atoms with Crippen LogP contribution in [0.3, 0.4) is 0 Å². The van der Waals surface area contributed by atoms with E-state index in [2.05, 4.69) is 20.7 Å². The molecule has 0 spiro atoms. The van der Waals surface area contributed by atoms with Crippen LogP contribution in [0.5, 0.6) is 0 Å². The van der Waals surface area contributed by atoms with Crippen molar-refractivity contribution >= 4 is 27.5 Å². The summed E-state index contributed by atoms with van der Waals surface area (Å²) in [6.45, 7) is -1.20. The molecule has 1 unspecified atom stereocenters. The standard InChI is InChI=1S/C11H11BrClF3O/c12-5-9(6-17-7-11(14,15)16)8-1-3-10(13)4-2-8/h1-4,9H,5-7H2. The molecule has 0 radical (unpaired) electrons. The zero-order chi connectivity index (χ0) is 12.9. The van der Waals surface area contributed by atoms with Gasteiger partial charge in [-0.2, -0.15) is 13.2 Å². The summed E-state index contributed by atoms with van der Waals surface area (Å²) in [4.78, 5) is 0. The molecule has 1 nitrogen and oxygen atoms in total. The zero-order valence-corrected chi connectivity index (χ0v) is 11.1. The highest BCUT2D eigenvalue weighted by atomic mass is 79.9. The van der Waals surface area contributed by atoms with E-state index in [0.717, 1.165) is 5.56 Å². The van der Waals surface area contributed by atoms with Gasteiger partial charge < -0.3 is 4.74 Å². The molecule has 0 fully saturated rings. The van der Waals surface area contributed by atoms with Crippen LogP contribution in [0.4, 0.5) is 13.2 Å². The van der Waals surface area contributed by atoms with E-state index >= 15 is 0 Å². The van der Waals surface area contributed by atoms with Gasteiger partial charge in [0.1, 0.15) is 6.61 Å². The zero-order valence-electron chi connectivity index (χ0n) is 8.81. The van der Waals surface area contributed by atoms with Crippen molar-refractivity contribution in [3.8, 4) is 0 Å². The Morgan fingerprint density at radius 2 is 1.82 bits per heavy atom. The first-order valence-electron chi connectivity index (χ1n) is 4.88. The molecule has 0 aliphatic heterocycles. The lowest BCUT2D eigenvalue weighted by molar-refractivity contribution is -0.174. The fourth-order valence-corrected chi connectivity index (χ4v) is 1.97. The van der Waals surface area contributed by atoms with Crippen molar-refractivity contribution in [2.45, 2.75) is 12.1 Å². The molecule has 1 aromatic carbocycles. The molecule has 1 aromatic rings. The normalized spacial score (nSPS) is 13.7. The third-order valence-corrected chi connectivity index (χ3v) is 3.15. The number of benzene rings is 1. The summed E-state index contributed by atoms with van der Waals surface area (Å²) in [5, 5.41) is 1.13. The van der Waals surface area contributed by atoms with Crippen molar-refractivity contribution < 1.29 is 17.9 Å². The quantitative estimate of drug-likeness (QED) is 0.727. The fourth-order valence-electron chi connectivity index (χ4n) is 1.28. The van der Waals surface area contributed by atoms with Gasteiger partial charge in [0, 0.05) is 16.3 Å². The van der Waals surface area contributed by atoms with E-state index in [1.807, 2.05) is 0 Å². The average Bonchev–Trinajstić information content (AvgIpc) is 2.24. The van der Waals surface area contributed by atoms with E-state index in [-0.39, 0.29) is 12.5 Å². The topological polar surface area (TPSA) is 9.23 Å². The average molecular weight is 332 g/mol. The van der Waals surface area contributed by atoms with E-state index in [4.69, 9.17) is 11.6 Å². The largest absolute Gasteiger partial charge is 0.411 e. The minimum absolute atomic E-state index is 0.0202. The van der Waals surface area contributed by atoms with Crippen molar-refractivity contribution in [3.63, 3.8) is 0 Å². The molecule has 0 aromatic heterocycles. The molecule has 0 saturated carbocycles. The summed E-state index contributed by atoms with van der Waals surface area (Å²) in [7, 11) is 0. The Morgan fingerprint density at radius 3 is 2.29 bits per heavy atom. The van der Waals surface area contributed by atoms with Gasteiger partial charge in [0.05, 0.1) is 6.61 Å². The van der Waals surface area contributed by atoms with Gasteiger partial charge in [-0.3, -0.25) is 0 Å². The fraction of sp³-hybridized carbons (Fsp3) is 0.455. The van der Waals surface area contributed by atoms with E-state index in [1.165, 1.54) is 0 Å². The Kier molecular flexibility index (Phi) is 5.76. The second-order valence-electron chi connectivity index (χ2n) is 3.53. The Labute approximate surface area is 111 Å². The summed E-state index contributed by atoms with van der Waals surface area (Å²) in [5.41, 5.74) is 0.897. The smallest absolute Gasteiger partial charge is 0.371 e. The lowest BCUT2D eigenvalue weighted by Gasteiger charge is -2.15. The van der Waals surface area contributed by atoms with Crippen molar-refractivity contribution in [1.29, 1.82) is 0 Å². The summed E-state index contributed by atoms with van der Waals surface area (Å²) in [5.74, 6) is -0.116.